The standard InChI is InChI=1S/C9H13N3/c1-8-4-5-9(10-6-8)11-7-12(2)3/h4-7H,1-3H3/b11-7+. The molecule has 0 aromatic carbocycles. The normalized spacial score (nSPS) is 10.6. The fourth-order valence-electron chi connectivity index (χ4n) is 0.711. The Labute approximate surface area is 72.8 Å². The summed E-state index contributed by atoms with van der Waals surface area (Å²) in [4.78, 5) is 10.1. The van der Waals surface area contributed by atoms with Crippen molar-refractivity contribution in [1.29, 1.82) is 0 Å². The summed E-state index contributed by atoms with van der Waals surface area (Å²) in [6.07, 6.45) is 3.54. The molecule has 1 heterocycles. The van der Waals surface area contributed by atoms with E-state index in [4.69, 9.17) is 0 Å². The SMILES string of the molecule is Cc1ccc(/N=C/N(C)C)nc1. The van der Waals surface area contributed by atoms with Crippen molar-refractivity contribution < 1.29 is 0 Å². The maximum Gasteiger partial charge on any atom is 0.153 e. The van der Waals surface area contributed by atoms with Crippen LogP contribution in [0.1, 0.15) is 5.56 Å². The van der Waals surface area contributed by atoms with E-state index in [0.717, 1.165) is 11.4 Å². The van der Waals surface area contributed by atoms with Crippen molar-refractivity contribution in [2.24, 2.45) is 4.99 Å². The zero-order chi connectivity index (χ0) is 8.97. The molecule has 0 aliphatic carbocycles. The summed E-state index contributed by atoms with van der Waals surface area (Å²) in [7, 11) is 3.86. The lowest BCUT2D eigenvalue weighted by molar-refractivity contribution is 0.643. The smallest absolute Gasteiger partial charge is 0.153 e. The van der Waals surface area contributed by atoms with Crippen LogP contribution in [0.3, 0.4) is 0 Å². The van der Waals surface area contributed by atoms with Gasteiger partial charge in [0.15, 0.2) is 5.82 Å². The minimum Gasteiger partial charge on any atom is -0.369 e. The summed E-state index contributed by atoms with van der Waals surface area (Å²) in [6.45, 7) is 2.01. The van der Waals surface area contributed by atoms with E-state index in [1.807, 2.05) is 44.2 Å². The second-order valence-corrected chi connectivity index (χ2v) is 2.90. The molecule has 0 atom stereocenters. The van der Waals surface area contributed by atoms with E-state index in [2.05, 4.69) is 9.98 Å². The minimum absolute atomic E-state index is 0.745. The van der Waals surface area contributed by atoms with Crippen molar-refractivity contribution in [3.05, 3.63) is 23.9 Å². The molecule has 0 unspecified atom stereocenters. The van der Waals surface area contributed by atoms with Gasteiger partial charge in [0.2, 0.25) is 0 Å². The Balaban J connectivity index is 2.71. The first-order chi connectivity index (χ1) is 5.68. The van der Waals surface area contributed by atoms with Crippen LogP contribution in [0.2, 0.25) is 0 Å². The van der Waals surface area contributed by atoms with Crippen LogP contribution in [0.25, 0.3) is 0 Å². The van der Waals surface area contributed by atoms with Gasteiger partial charge in [-0.25, -0.2) is 9.98 Å². The second-order valence-electron chi connectivity index (χ2n) is 2.90. The lowest BCUT2D eigenvalue weighted by atomic mass is 10.3. The minimum atomic E-state index is 0.745. The number of pyridine rings is 1. The number of aromatic nitrogens is 1. The monoisotopic (exact) mass is 163 g/mol. The molecule has 0 spiro atoms. The van der Waals surface area contributed by atoms with E-state index in [1.165, 1.54) is 0 Å². The summed E-state index contributed by atoms with van der Waals surface area (Å²) >= 11 is 0. The summed E-state index contributed by atoms with van der Waals surface area (Å²) in [5.74, 6) is 0.745. The highest BCUT2D eigenvalue weighted by Gasteiger charge is 1.87. The molecule has 64 valence electrons. The lowest BCUT2D eigenvalue weighted by Gasteiger charge is -2.01. The molecular weight excluding hydrogens is 150 g/mol. The van der Waals surface area contributed by atoms with Crippen LogP contribution in [-0.2, 0) is 0 Å². The van der Waals surface area contributed by atoms with Crippen LogP contribution in [0.4, 0.5) is 5.82 Å². The number of hydrogen-bond acceptors (Lipinski definition) is 2. The predicted molar refractivity (Wildman–Crippen MR) is 50.8 cm³/mol. The van der Waals surface area contributed by atoms with E-state index in [-0.39, 0.29) is 0 Å². The molecule has 3 nitrogen and oxygen atoms in total. The molecule has 0 radical (unpaired) electrons. The first-order valence-electron chi connectivity index (χ1n) is 3.82. The van der Waals surface area contributed by atoms with Gasteiger partial charge in [0, 0.05) is 20.3 Å². The number of rotatable bonds is 2. The van der Waals surface area contributed by atoms with Crippen LogP contribution in [0.5, 0.6) is 0 Å². The third-order valence-corrected chi connectivity index (χ3v) is 1.32. The van der Waals surface area contributed by atoms with Crippen LogP contribution < -0.4 is 0 Å². The average Bonchev–Trinajstić information content (AvgIpc) is 2.03. The van der Waals surface area contributed by atoms with Gasteiger partial charge >= 0.3 is 0 Å². The van der Waals surface area contributed by atoms with Crippen molar-refractivity contribution in [2.75, 3.05) is 14.1 Å². The fourth-order valence-corrected chi connectivity index (χ4v) is 0.711. The number of hydrogen-bond donors (Lipinski definition) is 0. The third-order valence-electron chi connectivity index (χ3n) is 1.32. The molecular formula is C9H13N3. The fraction of sp³-hybridized carbons (Fsp3) is 0.333. The molecule has 0 aliphatic heterocycles. The Morgan fingerprint density at radius 2 is 2.17 bits per heavy atom. The number of nitrogens with zero attached hydrogens (tertiary/aromatic N) is 3. The van der Waals surface area contributed by atoms with E-state index in [1.54, 1.807) is 6.34 Å². The van der Waals surface area contributed by atoms with Crippen molar-refractivity contribution in [3.8, 4) is 0 Å². The van der Waals surface area contributed by atoms with Crippen molar-refractivity contribution in [3.63, 3.8) is 0 Å². The van der Waals surface area contributed by atoms with Crippen LogP contribution in [0.15, 0.2) is 23.3 Å². The van der Waals surface area contributed by atoms with Gasteiger partial charge < -0.3 is 4.90 Å². The molecule has 0 N–H and O–H groups in total. The van der Waals surface area contributed by atoms with Gasteiger partial charge in [0.25, 0.3) is 0 Å². The van der Waals surface area contributed by atoms with Gasteiger partial charge in [-0.1, -0.05) is 6.07 Å². The maximum atomic E-state index is 4.14. The van der Waals surface area contributed by atoms with Crippen LogP contribution in [-0.4, -0.2) is 30.3 Å². The molecule has 0 bridgehead atoms. The Kier molecular flexibility index (Phi) is 2.80. The van der Waals surface area contributed by atoms with Crippen molar-refractivity contribution >= 4 is 12.2 Å². The van der Waals surface area contributed by atoms with E-state index < -0.39 is 0 Å². The molecule has 1 aromatic heterocycles. The highest BCUT2D eigenvalue weighted by atomic mass is 15.1. The Morgan fingerprint density at radius 3 is 2.67 bits per heavy atom. The maximum absolute atomic E-state index is 4.14. The molecule has 0 aliphatic rings. The van der Waals surface area contributed by atoms with Gasteiger partial charge in [0.05, 0.1) is 6.34 Å². The van der Waals surface area contributed by atoms with Gasteiger partial charge in [-0.3, -0.25) is 0 Å². The molecule has 0 fully saturated rings. The van der Waals surface area contributed by atoms with Gasteiger partial charge in [0.1, 0.15) is 0 Å². The largest absolute Gasteiger partial charge is 0.369 e. The number of aliphatic imine (C=N–C) groups is 1. The Bertz CT molecular complexity index is 262. The summed E-state index contributed by atoms with van der Waals surface area (Å²) < 4.78 is 0. The van der Waals surface area contributed by atoms with Gasteiger partial charge in [-0.05, 0) is 18.6 Å². The second kappa shape index (κ2) is 3.85. The summed E-state index contributed by atoms with van der Waals surface area (Å²) in [6, 6.07) is 3.89. The molecule has 1 rings (SSSR count). The Hall–Kier alpha value is -1.38. The van der Waals surface area contributed by atoms with Gasteiger partial charge in [-0.2, -0.15) is 0 Å². The molecule has 3 heteroatoms. The van der Waals surface area contributed by atoms with E-state index in [9.17, 15) is 0 Å². The molecule has 1 aromatic rings. The quantitative estimate of drug-likeness (QED) is 0.489. The average molecular weight is 163 g/mol. The molecule has 12 heavy (non-hydrogen) atoms. The predicted octanol–water partition coefficient (Wildman–Crippen LogP) is 1.61. The number of aryl methyl sites for hydroxylation is 1. The first-order valence-corrected chi connectivity index (χ1v) is 3.82. The zero-order valence-electron chi connectivity index (χ0n) is 7.65. The summed E-state index contributed by atoms with van der Waals surface area (Å²) in [5.41, 5.74) is 1.15. The first kappa shape index (κ1) is 8.71. The van der Waals surface area contributed by atoms with Crippen molar-refractivity contribution in [2.45, 2.75) is 6.92 Å². The van der Waals surface area contributed by atoms with E-state index in [0.29, 0.717) is 0 Å². The lowest BCUT2D eigenvalue weighted by Crippen LogP contribution is -2.07. The highest BCUT2D eigenvalue weighted by Crippen LogP contribution is 2.06. The van der Waals surface area contributed by atoms with Gasteiger partial charge in [-0.15, -0.1) is 0 Å². The third kappa shape index (κ3) is 2.70. The molecule has 0 saturated carbocycles. The summed E-state index contributed by atoms with van der Waals surface area (Å²) in [5, 5.41) is 0. The van der Waals surface area contributed by atoms with Crippen LogP contribution >= 0.6 is 0 Å². The molecule has 0 saturated heterocycles. The molecule has 0 amide bonds. The highest BCUT2D eigenvalue weighted by molar-refractivity contribution is 5.58. The Morgan fingerprint density at radius 1 is 1.42 bits per heavy atom. The van der Waals surface area contributed by atoms with Crippen molar-refractivity contribution in [1.82, 2.24) is 9.88 Å². The van der Waals surface area contributed by atoms with Crippen LogP contribution in [0, 0.1) is 6.92 Å². The van der Waals surface area contributed by atoms with E-state index >= 15 is 0 Å². The zero-order valence-corrected chi connectivity index (χ0v) is 7.65. The topological polar surface area (TPSA) is 28.5 Å².